The Bertz CT molecular complexity index is 1650. The van der Waals surface area contributed by atoms with E-state index in [1.807, 2.05) is 30.3 Å². The van der Waals surface area contributed by atoms with Crippen LogP contribution in [0.4, 0.5) is 11.6 Å². The van der Waals surface area contributed by atoms with E-state index in [0.717, 1.165) is 33.3 Å². The number of rotatable bonds is 12. The molecule has 2 aliphatic heterocycles. The minimum atomic E-state index is -2.25. The Morgan fingerprint density at radius 2 is 1.77 bits per heavy atom. The molecular weight excluding hydrogens is 590 g/mol. The van der Waals surface area contributed by atoms with Crippen molar-refractivity contribution in [3.8, 4) is 0 Å². The highest BCUT2D eigenvalue weighted by Gasteiger charge is 2.74. The SMILES string of the molecule is CC1(C)S[C@@H]2[C@H](NC=O)C(=O)N2[C@@]1(NC(=O)C(c1ccccc1)N(C=O)c1cnc(NCc2ccccc2)[nH]c1=O)C(=O)O. The summed E-state index contributed by atoms with van der Waals surface area (Å²) >= 11 is 1.10. The maximum absolute atomic E-state index is 14.2. The number of carbonyl (C=O) groups is 5. The maximum Gasteiger partial charge on any atom is 0.352 e. The molecule has 2 fully saturated rings. The summed E-state index contributed by atoms with van der Waals surface area (Å²) in [6.45, 7) is 3.47. The van der Waals surface area contributed by atoms with E-state index in [2.05, 4.69) is 25.9 Å². The molecule has 2 aromatic carbocycles. The Balaban J connectivity index is 1.49. The van der Waals surface area contributed by atoms with Gasteiger partial charge in [0, 0.05) is 6.54 Å². The van der Waals surface area contributed by atoms with Crippen LogP contribution in [0.25, 0.3) is 0 Å². The summed E-state index contributed by atoms with van der Waals surface area (Å²) in [5.41, 5.74) is -2.06. The van der Waals surface area contributed by atoms with Crippen molar-refractivity contribution in [2.45, 2.75) is 48.3 Å². The molecule has 5 N–H and O–H groups in total. The zero-order chi connectivity index (χ0) is 31.6. The van der Waals surface area contributed by atoms with Gasteiger partial charge in [-0.1, -0.05) is 60.7 Å². The van der Waals surface area contributed by atoms with Crippen molar-refractivity contribution in [1.82, 2.24) is 25.5 Å². The van der Waals surface area contributed by atoms with Crippen LogP contribution in [0.3, 0.4) is 0 Å². The van der Waals surface area contributed by atoms with Crippen LogP contribution in [0.1, 0.15) is 31.0 Å². The van der Waals surface area contributed by atoms with Gasteiger partial charge in [0.05, 0.1) is 10.9 Å². The molecule has 2 saturated heterocycles. The zero-order valence-corrected chi connectivity index (χ0v) is 24.4. The number of anilines is 2. The number of aromatic nitrogens is 2. The van der Waals surface area contributed by atoms with Crippen molar-refractivity contribution in [2.24, 2.45) is 0 Å². The van der Waals surface area contributed by atoms with Gasteiger partial charge in [0.25, 0.3) is 11.5 Å². The third-order valence-electron chi connectivity index (χ3n) is 7.67. The van der Waals surface area contributed by atoms with Gasteiger partial charge >= 0.3 is 5.97 Å². The molecule has 1 aromatic heterocycles. The van der Waals surface area contributed by atoms with E-state index in [1.54, 1.807) is 44.2 Å². The van der Waals surface area contributed by atoms with Gasteiger partial charge in [0.2, 0.25) is 30.3 Å². The summed E-state index contributed by atoms with van der Waals surface area (Å²) in [5.74, 6) is -3.04. The molecule has 4 atom stereocenters. The van der Waals surface area contributed by atoms with Crippen LogP contribution in [0, 0.1) is 0 Å². The lowest BCUT2D eigenvalue weighted by Crippen LogP contribution is -2.80. The summed E-state index contributed by atoms with van der Waals surface area (Å²) in [6.07, 6.45) is 1.77. The molecule has 4 amide bonds. The predicted octanol–water partition coefficient (Wildman–Crippen LogP) is 0.792. The average molecular weight is 620 g/mol. The number of aliphatic carboxylic acids is 1. The predicted molar refractivity (Wildman–Crippen MR) is 160 cm³/mol. The van der Waals surface area contributed by atoms with E-state index >= 15 is 0 Å². The molecule has 0 spiro atoms. The molecule has 15 heteroatoms. The highest BCUT2D eigenvalue weighted by Crippen LogP contribution is 2.55. The largest absolute Gasteiger partial charge is 0.478 e. The average Bonchev–Trinajstić information content (AvgIpc) is 3.22. The number of nitrogens with one attached hydrogen (secondary N) is 4. The molecule has 228 valence electrons. The second-order valence-electron chi connectivity index (χ2n) is 10.6. The van der Waals surface area contributed by atoms with E-state index in [0.29, 0.717) is 13.0 Å². The second-order valence-corrected chi connectivity index (χ2v) is 12.3. The number of β-lactam (4-membered cyclic amide) rings is 1. The minimum absolute atomic E-state index is 0.129. The number of amides is 4. The van der Waals surface area contributed by atoms with Crippen LogP contribution in [0.5, 0.6) is 0 Å². The van der Waals surface area contributed by atoms with Gasteiger partial charge in [-0.05, 0) is 25.0 Å². The van der Waals surface area contributed by atoms with Gasteiger partial charge in [-0.2, -0.15) is 0 Å². The monoisotopic (exact) mass is 619 g/mol. The maximum atomic E-state index is 14.2. The van der Waals surface area contributed by atoms with Gasteiger partial charge in [0.15, 0.2) is 0 Å². The Kier molecular flexibility index (Phi) is 8.15. The van der Waals surface area contributed by atoms with Crippen LogP contribution in [-0.2, 0) is 30.5 Å². The first kappa shape index (κ1) is 30.3. The lowest BCUT2D eigenvalue weighted by atomic mass is 9.88. The number of benzene rings is 2. The molecule has 3 heterocycles. The number of nitrogens with zero attached hydrogens (tertiary/aromatic N) is 3. The van der Waals surface area contributed by atoms with Crippen molar-refractivity contribution < 1.29 is 29.1 Å². The lowest BCUT2D eigenvalue weighted by molar-refractivity contribution is -0.176. The highest BCUT2D eigenvalue weighted by atomic mass is 32.2. The molecular formula is C29H29N7O7S. The van der Waals surface area contributed by atoms with Crippen molar-refractivity contribution in [3.63, 3.8) is 0 Å². The fourth-order valence-electron chi connectivity index (χ4n) is 5.49. The first-order valence-corrected chi connectivity index (χ1v) is 14.4. The number of carboxylic acid groups (broad SMARTS) is 1. The van der Waals surface area contributed by atoms with E-state index in [9.17, 15) is 33.9 Å². The lowest BCUT2D eigenvalue weighted by Gasteiger charge is -2.49. The number of hydrogen-bond acceptors (Lipinski definition) is 9. The van der Waals surface area contributed by atoms with Gasteiger partial charge in [-0.25, -0.2) is 9.78 Å². The third kappa shape index (κ3) is 5.04. The number of aromatic amines is 1. The standard InChI is InChI=1S/C29H29N7O7S/c1-28(2)29(26(42)43,36-24(41)20(32-15-37)25(36)44-28)34-23(40)21(18-11-7-4-8-12-18)35(16-38)19-14-31-27(33-22(19)39)30-13-17-9-5-3-6-10-17/h3-12,14-16,20-21,25H,13H2,1-2H3,(H,32,37)(H,34,40)(H,42,43)(H2,30,31,33,39)/t20-,21?,25-,29+/m1/s1. The number of thioether (sulfide) groups is 1. The topological polar surface area (TPSA) is 194 Å². The highest BCUT2D eigenvalue weighted by molar-refractivity contribution is 8.01. The van der Waals surface area contributed by atoms with Crippen molar-refractivity contribution in [2.75, 3.05) is 10.2 Å². The van der Waals surface area contributed by atoms with Crippen molar-refractivity contribution >= 4 is 54.0 Å². The van der Waals surface area contributed by atoms with E-state index in [4.69, 9.17) is 0 Å². The van der Waals surface area contributed by atoms with Gasteiger partial charge < -0.3 is 21.1 Å². The second kappa shape index (κ2) is 11.8. The normalized spacial score (nSPS) is 22.1. The van der Waals surface area contributed by atoms with Crippen molar-refractivity contribution in [1.29, 1.82) is 0 Å². The first-order valence-electron chi connectivity index (χ1n) is 13.5. The summed E-state index contributed by atoms with van der Waals surface area (Å²) in [6, 6.07) is 14.9. The molecule has 0 aliphatic carbocycles. The van der Waals surface area contributed by atoms with Crippen molar-refractivity contribution in [3.05, 3.63) is 88.3 Å². The number of hydrogen-bond donors (Lipinski definition) is 5. The van der Waals surface area contributed by atoms with E-state index in [-0.39, 0.29) is 23.6 Å². The van der Waals surface area contributed by atoms with Crippen LogP contribution in [0.2, 0.25) is 0 Å². The molecule has 2 aliphatic rings. The first-order chi connectivity index (χ1) is 21.1. The van der Waals surface area contributed by atoms with Gasteiger partial charge in [0.1, 0.15) is 23.1 Å². The summed E-state index contributed by atoms with van der Waals surface area (Å²) in [7, 11) is 0. The number of H-pyrrole nitrogens is 1. The Hall–Kier alpha value is -5.18. The fraction of sp³-hybridized carbons (Fsp3) is 0.276. The molecule has 5 rings (SSSR count). The van der Waals surface area contributed by atoms with Gasteiger partial charge in [-0.15, -0.1) is 11.8 Å². The van der Waals surface area contributed by atoms with Crippen LogP contribution >= 0.6 is 11.8 Å². The van der Waals surface area contributed by atoms with Crippen LogP contribution in [0.15, 0.2) is 71.7 Å². The summed E-state index contributed by atoms with van der Waals surface area (Å²) < 4.78 is -1.29. The molecule has 1 unspecified atom stereocenters. The van der Waals surface area contributed by atoms with Gasteiger partial charge in [-0.3, -0.25) is 38.8 Å². The molecule has 0 saturated carbocycles. The Labute approximate surface area is 255 Å². The van der Waals surface area contributed by atoms with Crippen LogP contribution < -0.4 is 26.4 Å². The molecule has 0 radical (unpaired) electrons. The number of fused-ring (bicyclic) bond motifs is 1. The third-order valence-corrected chi connectivity index (χ3v) is 9.28. The molecule has 3 aromatic rings. The fourth-order valence-corrected chi connectivity index (χ4v) is 7.20. The van der Waals surface area contributed by atoms with E-state index in [1.165, 1.54) is 0 Å². The smallest absolute Gasteiger partial charge is 0.352 e. The van der Waals surface area contributed by atoms with E-state index < -0.39 is 51.2 Å². The van der Waals surface area contributed by atoms with Crippen LogP contribution in [-0.4, -0.2) is 72.4 Å². The summed E-state index contributed by atoms with van der Waals surface area (Å²) in [4.78, 5) is 85.6. The number of carboxylic acids is 1. The Morgan fingerprint density at radius 3 is 2.36 bits per heavy atom. The quantitative estimate of drug-likeness (QED) is 0.143. The number of carbonyl (C=O) groups excluding carboxylic acids is 4. The molecule has 44 heavy (non-hydrogen) atoms. The zero-order valence-electron chi connectivity index (χ0n) is 23.6. The minimum Gasteiger partial charge on any atom is -0.478 e. The molecule has 14 nitrogen and oxygen atoms in total. The summed E-state index contributed by atoms with van der Waals surface area (Å²) in [5, 5.41) is 17.7. The Morgan fingerprint density at radius 1 is 1.11 bits per heavy atom. The molecule has 0 bridgehead atoms.